The molecule has 0 radical (unpaired) electrons. The highest BCUT2D eigenvalue weighted by atomic mass is 32.2. The van der Waals surface area contributed by atoms with E-state index in [0.29, 0.717) is 28.8 Å². The van der Waals surface area contributed by atoms with E-state index in [1.54, 1.807) is 24.0 Å². The van der Waals surface area contributed by atoms with Crippen LogP contribution in [0, 0.1) is 12.3 Å². The number of piperidine rings is 2. The fraction of sp³-hybridized carbons (Fsp3) is 0.577. The Labute approximate surface area is 221 Å². The summed E-state index contributed by atoms with van der Waals surface area (Å²) in [5.41, 5.74) is 3.15. The Balaban J connectivity index is 1.55. The molecular weight excluding hydrogens is 498 g/mol. The molecule has 2 aliphatic rings. The first-order valence-corrected chi connectivity index (χ1v) is 13.7. The number of hydrogen-bond acceptors (Lipinski definition) is 8. The summed E-state index contributed by atoms with van der Waals surface area (Å²) in [6.07, 6.45) is 1.57. The van der Waals surface area contributed by atoms with Gasteiger partial charge in [-0.15, -0.1) is 0 Å². The van der Waals surface area contributed by atoms with Crippen LogP contribution in [-0.4, -0.2) is 65.4 Å². The molecule has 2 saturated heterocycles. The molecule has 2 aromatic rings. The van der Waals surface area contributed by atoms with Gasteiger partial charge in [0.1, 0.15) is 5.82 Å². The normalized spacial score (nSPS) is 19.0. The van der Waals surface area contributed by atoms with Crippen molar-refractivity contribution in [3.05, 3.63) is 35.5 Å². The van der Waals surface area contributed by atoms with Crippen LogP contribution >= 0.6 is 11.9 Å². The van der Waals surface area contributed by atoms with E-state index in [1.165, 1.54) is 11.9 Å². The van der Waals surface area contributed by atoms with Gasteiger partial charge in [0.05, 0.1) is 17.9 Å². The highest BCUT2D eigenvalue weighted by Gasteiger charge is 2.35. The summed E-state index contributed by atoms with van der Waals surface area (Å²) in [4.78, 5) is 26.4. The lowest BCUT2D eigenvalue weighted by atomic mass is 9.82. The Morgan fingerprint density at radius 3 is 2.41 bits per heavy atom. The smallest absolute Gasteiger partial charge is 0.258 e. The molecule has 11 heteroatoms. The van der Waals surface area contributed by atoms with Gasteiger partial charge in [-0.05, 0) is 43.4 Å². The molecule has 37 heavy (non-hydrogen) atoms. The fourth-order valence-corrected chi connectivity index (χ4v) is 5.04. The number of aliphatic hydroxyl groups excluding tert-OH is 1. The number of hydrogen-bond donors (Lipinski definition) is 3. The zero-order chi connectivity index (χ0) is 26.6. The minimum atomic E-state index is -2.66. The standard InChI is InChI=1S/C26H36F2N6O2S/c1-18-16-22(31-24(29-18)34-12-8-26(27,28)9-13-34)30-23(36)20-5-4-19(32-37-15-14-35)17-21(20)33-10-6-25(2,3)7-11-33/h4-5,16-17,32,35H,6-15H2,1-3H3,(H,29,30,31,36). The van der Waals surface area contributed by atoms with Gasteiger partial charge in [-0.25, -0.2) is 13.8 Å². The van der Waals surface area contributed by atoms with Crippen molar-refractivity contribution in [3.8, 4) is 0 Å². The van der Waals surface area contributed by atoms with Gasteiger partial charge < -0.3 is 24.9 Å². The number of halogens is 2. The third-order valence-electron chi connectivity index (χ3n) is 6.95. The van der Waals surface area contributed by atoms with E-state index in [4.69, 9.17) is 5.11 Å². The number of nitrogens with zero attached hydrogens (tertiary/aromatic N) is 4. The lowest BCUT2D eigenvalue weighted by Crippen LogP contribution is -2.40. The third kappa shape index (κ3) is 7.22. The van der Waals surface area contributed by atoms with Crippen molar-refractivity contribution in [2.24, 2.45) is 5.41 Å². The van der Waals surface area contributed by atoms with Crippen molar-refractivity contribution in [2.75, 3.05) is 58.4 Å². The molecule has 2 aliphatic heterocycles. The predicted molar refractivity (Wildman–Crippen MR) is 146 cm³/mol. The van der Waals surface area contributed by atoms with E-state index < -0.39 is 5.92 Å². The number of carbonyl (C=O) groups is 1. The second kappa shape index (κ2) is 11.4. The van der Waals surface area contributed by atoms with Gasteiger partial charge in [0.15, 0.2) is 0 Å². The summed E-state index contributed by atoms with van der Waals surface area (Å²) in [7, 11) is 0. The number of nitrogens with one attached hydrogen (secondary N) is 2. The van der Waals surface area contributed by atoms with Crippen LogP contribution in [0.4, 0.5) is 31.9 Å². The zero-order valence-electron chi connectivity index (χ0n) is 21.7. The summed E-state index contributed by atoms with van der Waals surface area (Å²) in [5.74, 6) is -1.70. The van der Waals surface area contributed by atoms with Gasteiger partial charge in [-0.1, -0.05) is 25.8 Å². The summed E-state index contributed by atoms with van der Waals surface area (Å²) >= 11 is 1.41. The molecule has 1 amide bonds. The molecule has 0 bridgehead atoms. The van der Waals surface area contributed by atoms with Crippen LogP contribution in [0.15, 0.2) is 24.3 Å². The maximum Gasteiger partial charge on any atom is 0.258 e. The highest BCUT2D eigenvalue weighted by Crippen LogP contribution is 2.35. The van der Waals surface area contributed by atoms with Crippen LogP contribution in [0.5, 0.6) is 0 Å². The Bertz CT molecular complexity index is 1100. The molecular formula is C26H36F2N6O2S. The number of aromatic nitrogens is 2. The molecule has 8 nitrogen and oxygen atoms in total. The summed E-state index contributed by atoms with van der Waals surface area (Å²) in [6.45, 7) is 8.43. The Kier molecular flexibility index (Phi) is 8.42. The van der Waals surface area contributed by atoms with Gasteiger partial charge in [0.25, 0.3) is 11.8 Å². The largest absolute Gasteiger partial charge is 0.395 e. The molecule has 3 N–H and O–H groups in total. The minimum Gasteiger partial charge on any atom is -0.395 e. The maximum atomic E-state index is 13.6. The van der Waals surface area contributed by atoms with Crippen LogP contribution in [0.1, 0.15) is 55.6 Å². The number of aryl methyl sites for hydroxylation is 1. The number of amides is 1. The van der Waals surface area contributed by atoms with Gasteiger partial charge in [-0.3, -0.25) is 4.79 Å². The molecule has 1 aromatic carbocycles. The second-order valence-electron chi connectivity index (χ2n) is 10.5. The molecule has 0 atom stereocenters. The third-order valence-corrected chi connectivity index (χ3v) is 7.71. The Morgan fingerprint density at radius 1 is 1.05 bits per heavy atom. The number of rotatable bonds is 8. The van der Waals surface area contributed by atoms with Gasteiger partial charge in [-0.2, -0.15) is 4.98 Å². The Hall–Kier alpha value is -2.66. The van der Waals surface area contributed by atoms with Crippen molar-refractivity contribution in [3.63, 3.8) is 0 Å². The van der Waals surface area contributed by atoms with Crippen LogP contribution in [0.2, 0.25) is 0 Å². The van der Waals surface area contributed by atoms with E-state index in [1.807, 2.05) is 12.1 Å². The van der Waals surface area contributed by atoms with Crippen LogP contribution in [0.25, 0.3) is 0 Å². The van der Waals surface area contributed by atoms with Gasteiger partial charge in [0.2, 0.25) is 5.95 Å². The van der Waals surface area contributed by atoms with E-state index >= 15 is 0 Å². The van der Waals surface area contributed by atoms with Gasteiger partial charge in [0, 0.05) is 62.2 Å². The lowest BCUT2D eigenvalue weighted by molar-refractivity contribution is -0.0222. The van der Waals surface area contributed by atoms with Crippen LogP contribution in [-0.2, 0) is 0 Å². The van der Waals surface area contributed by atoms with Crippen LogP contribution < -0.4 is 19.8 Å². The number of aliphatic hydroxyl groups is 1. The van der Waals surface area contributed by atoms with Crippen molar-refractivity contribution >= 4 is 41.0 Å². The maximum absolute atomic E-state index is 13.6. The predicted octanol–water partition coefficient (Wildman–Crippen LogP) is 4.95. The van der Waals surface area contributed by atoms with Crippen molar-refractivity contribution in [1.29, 1.82) is 0 Å². The first-order valence-electron chi connectivity index (χ1n) is 12.7. The molecule has 0 saturated carbocycles. The average molecular weight is 535 g/mol. The number of carbonyl (C=O) groups excluding carboxylic acids is 1. The van der Waals surface area contributed by atoms with Crippen molar-refractivity contribution in [2.45, 2.75) is 52.4 Å². The summed E-state index contributed by atoms with van der Waals surface area (Å²) < 4.78 is 30.5. The van der Waals surface area contributed by atoms with E-state index in [0.717, 1.165) is 37.3 Å². The average Bonchev–Trinajstić information content (AvgIpc) is 2.84. The van der Waals surface area contributed by atoms with E-state index in [-0.39, 0.29) is 43.9 Å². The summed E-state index contributed by atoms with van der Waals surface area (Å²) in [5, 5.41) is 12.0. The van der Waals surface area contributed by atoms with E-state index in [2.05, 4.69) is 38.8 Å². The Morgan fingerprint density at radius 2 is 1.73 bits per heavy atom. The minimum absolute atomic E-state index is 0.0758. The SMILES string of the molecule is Cc1cc(NC(=O)c2ccc(NSCCO)cc2N2CCC(C)(C)CC2)nc(N2CCC(F)(F)CC2)n1. The van der Waals surface area contributed by atoms with Crippen molar-refractivity contribution in [1.82, 2.24) is 9.97 Å². The van der Waals surface area contributed by atoms with E-state index in [9.17, 15) is 13.6 Å². The molecule has 0 unspecified atom stereocenters. The van der Waals surface area contributed by atoms with Crippen LogP contribution in [0.3, 0.4) is 0 Å². The molecule has 2 fully saturated rings. The molecule has 0 aliphatic carbocycles. The first kappa shape index (κ1) is 27.4. The lowest BCUT2D eigenvalue weighted by Gasteiger charge is -2.39. The molecule has 0 spiro atoms. The highest BCUT2D eigenvalue weighted by molar-refractivity contribution is 8.00. The monoisotopic (exact) mass is 534 g/mol. The molecule has 202 valence electrons. The zero-order valence-corrected chi connectivity index (χ0v) is 22.5. The number of anilines is 4. The molecule has 1 aromatic heterocycles. The quantitative estimate of drug-likeness (QED) is 0.324. The molecule has 4 rings (SSSR count). The summed E-state index contributed by atoms with van der Waals surface area (Å²) in [6, 6.07) is 7.31. The topological polar surface area (TPSA) is 93.6 Å². The number of alkyl halides is 2. The van der Waals surface area contributed by atoms with Crippen molar-refractivity contribution < 1.29 is 18.7 Å². The number of benzene rings is 1. The first-order chi connectivity index (χ1) is 17.5. The fourth-order valence-electron chi connectivity index (χ4n) is 4.56. The molecule has 3 heterocycles. The second-order valence-corrected chi connectivity index (χ2v) is 11.5. The van der Waals surface area contributed by atoms with Gasteiger partial charge >= 0.3 is 0 Å².